The molecule has 0 radical (unpaired) electrons. The van der Waals surface area contributed by atoms with Crippen LogP contribution < -0.4 is 15.8 Å². The lowest BCUT2D eigenvalue weighted by atomic mass is 10.0. The average Bonchev–Trinajstić information content (AvgIpc) is 3.45. The number of hydrogen-bond acceptors (Lipinski definition) is 6. The molecule has 1 N–H and O–H groups in total. The number of nitrogens with one attached hydrogen (secondary N) is 1. The number of halogens is 1. The van der Waals surface area contributed by atoms with E-state index >= 15 is 0 Å². The molecule has 1 fully saturated rings. The van der Waals surface area contributed by atoms with Gasteiger partial charge in [0.1, 0.15) is 17.9 Å². The second-order valence-corrected chi connectivity index (χ2v) is 10.1. The first kappa shape index (κ1) is 24.9. The lowest BCUT2D eigenvalue weighted by molar-refractivity contribution is -0.109. The lowest BCUT2D eigenvalue weighted by Gasteiger charge is -2.20. The van der Waals surface area contributed by atoms with Crippen LogP contribution in [0, 0.1) is 11.7 Å². The van der Waals surface area contributed by atoms with Gasteiger partial charge in [0, 0.05) is 50.6 Å². The maximum absolute atomic E-state index is 14.3. The van der Waals surface area contributed by atoms with Gasteiger partial charge in [-0.15, -0.1) is 5.10 Å². The summed E-state index contributed by atoms with van der Waals surface area (Å²) in [6, 6.07) is 7.11. The summed E-state index contributed by atoms with van der Waals surface area (Å²) in [6.45, 7) is 0.706. The zero-order valence-corrected chi connectivity index (χ0v) is 21.1. The van der Waals surface area contributed by atoms with Crippen molar-refractivity contribution in [3.63, 3.8) is 0 Å². The highest BCUT2D eigenvalue weighted by Gasteiger charge is 2.30. The van der Waals surface area contributed by atoms with Crippen LogP contribution >= 0.6 is 0 Å². The summed E-state index contributed by atoms with van der Waals surface area (Å²) in [5, 5.41) is 7.08. The van der Waals surface area contributed by atoms with Crippen LogP contribution in [0.2, 0.25) is 0 Å². The van der Waals surface area contributed by atoms with Gasteiger partial charge in [-0.25, -0.2) is 14.1 Å². The minimum Gasteiger partial charge on any atom is -0.377 e. The minimum absolute atomic E-state index is 0.0325. The third-order valence-corrected chi connectivity index (χ3v) is 7.13. The topological polar surface area (TPSA) is 102 Å². The molecule has 0 saturated heterocycles. The summed E-state index contributed by atoms with van der Waals surface area (Å²) in [7, 11) is 3.75. The summed E-state index contributed by atoms with van der Waals surface area (Å²) in [4.78, 5) is 43.5. The van der Waals surface area contributed by atoms with Crippen molar-refractivity contribution < 1.29 is 14.0 Å². The van der Waals surface area contributed by atoms with Gasteiger partial charge in [0.2, 0.25) is 5.82 Å². The lowest BCUT2D eigenvalue weighted by Crippen LogP contribution is -2.37. The van der Waals surface area contributed by atoms with Gasteiger partial charge in [-0.2, -0.15) is 0 Å². The highest BCUT2D eigenvalue weighted by molar-refractivity contribution is 5.92. The van der Waals surface area contributed by atoms with E-state index in [-0.39, 0.29) is 23.2 Å². The van der Waals surface area contributed by atoms with Crippen molar-refractivity contribution >= 4 is 17.9 Å². The fourth-order valence-electron chi connectivity index (χ4n) is 4.95. The number of aromatic nitrogens is 4. The monoisotopic (exact) mass is 506 g/mol. The van der Waals surface area contributed by atoms with Gasteiger partial charge in [0.05, 0.1) is 12.1 Å². The fourth-order valence-corrected chi connectivity index (χ4v) is 4.95. The summed E-state index contributed by atoms with van der Waals surface area (Å²) in [5.74, 6) is 0.283. The molecule has 2 unspecified atom stereocenters. The molecule has 0 bridgehead atoms. The van der Waals surface area contributed by atoms with Crippen LogP contribution in [0.25, 0.3) is 0 Å². The van der Waals surface area contributed by atoms with Gasteiger partial charge in [-0.3, -0.25) is 9.59 Å². The van der Waals surface area contributed by atoms with Gasteiger partial charge in [-0.05, 0) is 49.7 Å². The minimum atomic E-state index is -0.743. The second kappa shape index (κ2) is 10.3. The fraction of sp³-hybridized carbons (Fsp3) is 0.444. The molecular weight excluding hydrogens is 475 g/mol. The number of pyridine rings is 1. The number of benzene rings is 1. The molecule has 37 heavy (non-hydrogen) atoms. The van der Waals surface area contributed by atoms with E-state index in [2.05, 4.69) is 15.4 Å². The third-order valence-electron chi connectivity index (χ3n) is 7.13. The number of rotatable bonds is 10. The molecule has 1 amide bonds. The summed E-state index contributed by atoms with van der Waals surface area (Å²) in [6.07, 6.45) is 6.98. The number of carbonyl (C=O) groups excluding carboxylic acids is 2. The van der Waals surface area contributed by atoms with Gasteiger partial charge < -0.3 is 19.6 Å². The maximum atomic E-state index is 14.3. The molecule has 2 aromatic heterocycles. The van der Waals surface area contributed by atoms with Crippen molar-refractivity contribution in [2.45, 2.75) is 57.2 Å². The molecule has 1 saturated carbocycles. The number of anilines is 1. The van der Waals surface area contributed by atoms with E-state index in [1.54, 1.807) is 33.5 Å². The SMILES string of the molecule is CN(C)c1cc(=O)n(CC2CC2)cc1CCC(C=O)NC(=O)c1nc2n(n1)C(c1ccccc1F)CC2. The van der Waals surface area contributed by atoms with E-state index < -0.39 is 11.9 Å². The summed E-state index contributed by atoms with van der Waals surface area (Å²) < 4.78 is 17.7. The van der Waals surface area contributed by atoms with E-state index in [9.17, 15) is 18.8 Å². The van der Waals surface area contributed by atoms with Gasteiger partial charge in [0.15, 0.2) is 0 Å². The molecule has 1 aromatic carbocycles. The van der Waals surface area contributed by atoms with E-state index in [1.165, 1.54) is 6.07 Å². The Morgan fingerprint density at radius 1 is 1.27 bits per heavy atom. The molecular formula is C27H31FN6O3. The standard InChI is InChI=1S/C27H31FN6O3/c1-32(2)23-13-25(36)33(14-17-7-8-17)15-18(23)9-10-19(16-35)29-27(37)26-30-24-12-11-22(34(24)31-26)20-5-3-4-6-21(20)28/h3-6,13,15-17,19,22H,7-12,14H2,1-2H3,(H,29,37). The quantitative estimate of drug-likeness (QED) is 0.424. The van der Waals surface area contributed by atoms with E-state index in [0.717, 1.165) is 24.1 Å². The number of amides is 1. The van der Waals surface area contributed by atoms with Crippen LogP contribution in [0.1, 0.15) is 59.3 Å². The number of aryl methyl sites for hydroxylation is 2. The smallest absolute Gasteiger partial charge is 0.291 e. The van der Waals surface area contributed by atoms with Crippen LogP contribution in [-0.4, -0.2) is 51.7 Å². The Hall–Kier alpha value is -3.82. The van der Waals surface area contributed by atoms with Crippen molar-refractivity contribution in [3.05, 3.63) is 75.5 Å². The Morgan fingerprint density at radius 2 is 2.05 bits per heavy atom. The zero-order valence-electron chi connectivity index (χ0n) is 21.1. The molecule has 5 rings (SSSR count). The van der Waals surface area contributed by atoms with Gasteiger partial charge in [-0.1, -0.05) is 18.2 Å². The Balaban J connectivity index is 1.27. The first-order valence-electron chi connectivity index (χ1n) is 12.7. The molecule has 1 aliphatic carbocycles. The zero-order chi connectivity index (χ0) is 26.1. The average molecular weight is 507 g/mol. The van der Waals surface area contributed by atoms with Crippen molar-refractivity contribution in [1.29, 1.82) is 0 Å². The van der Waals surface area contributed by atoms with Crippen molar-refractivity contribution in [2.24, 2.45) is 5.92 Å². The van der Waals surface area contributed by atoms with Crippen molar-refractivity contribution in [3.8, 4) is 0 Å². The summed E-state index contributed by atoms with van der Waals surface area (Å²) in [5.41, 5.74) is 2.23. The molecule has 3 aromatic rings. The molecule has 0 spiro atoms. The van der Waals surface area contributed by atoms with Crippen LogP contribution in [0.5, 0.6) is 0 Å². The summed E-state index contributed by atoms with van der Waals surface area (Å²) >= 11 is 0. The Kier molecular flexibility index (Phi) is 6.90. The number of hydrogen-bond donors (Lipinski definition) is 1. The Labute approximate surface area is 214 Å². The molecule has 3 heterocycles. The molecule has 1 aliphatic heterocycles. The third kappa shape index (κ3) is 5.33. The first-order chi connectivity index (χ1) is 17.8. The predicted molar refractivity (Wildman–Crippen MR) is 136 cm³/mol. The van der Waals surface area contributed by atoms with Crippen LogP contribution in [0.3, 0.4) is 0 Å². The Bertz CT molecular complexity index is 1380. The van der Waals surface area contributed by atoms with E-state index in [4.69, 9.17) is 0 Å². The number of fused-ring (bicyclic) bond motifs is 1. The van der Waals surface area contributed by atoms with Crippen molar-refractivity contribution in [2.75, 3.05) is 19.0 Å². The molecule has 2 atom stereocenters. The molecule has 9 nitrogen and oxygen atoms in total. The molecule has 194 valence electrons. The largest absolute Gasteiger partial charge is 0.377 e. The number of nitrogens with zero attached hydrogens (tertiary/aromatic N) is 5. The van der Waals surface area contributed by atoms with Crippen LogP contribution in [0.4, 0.5) is 10.1 Å². The first-order valence-corrected chi connectivity index (χ1v) is 12.7. The number of carbonyl (C=O) groups is 2. The Morgan fingerprint density at radius 3 is 2.76 bits per heavy atom. The highest BCUT2D eigenvalue weighted by Crippen LogP contribution is 2.32. The van der Waals surface area contributed by atoms with E-state index in [0.29, 0.717) is 55.8 Å². The normalized spacial score (nSPS) is 17.3. The maximum Gasteiger partial charge on any atom is 0.291 e. The highest BCUT2D eigenvalue weighted by atomic mass is 19.1. The molecule has 2 aliphatic rings. The van der Waals surface area contributed by atoms with Crippen LogP contribution in [-0.2, 0) is 24.2 Å². The molecule has 10 heteroatoms. The van der Waals surface area contributed by atoms with Crippen LogP contribution in [0.15, 0.2) is 41.3 Å². The van der Waals surface area contributed by atoms with Gasteiger partial charge >= 0.3 is 0 Å². The van der Waals surface area contributed by atoms with Gasteiger partial charge in [0.25, 0.3) is 11.5 Å². The number of aldehydes is 1. The van der Waals surface area contributed by atoms with E-state index in [1.807, 2.05) is 25.2 Å². The predicted octanol–water partition coefficient (Wildman–Crippen LogP) is 2.52. The second-order valence-electron chi connectivity index (χ2n) is 10.1. The van der Waals surface area contributed by atoms with Crippen molar-refractivity contribution in [1.82, 2.24) is 24.6 Å².